The van der Waals surface area contributed by atoms with Crippen LogP contribution in [-0.2, 0) is 0 Å². The largest absolute Gasteiger partial charge is 0.497 e. The molecule has 5 heteroatoms. The Labute approximate surface area is 159 Å². The topological polar surface area (TPSA) is 60.5 Å². The van der Waals surface area contributed by atoms with E-state index in [1.165, 1.54) is 0 Å². The molecule has 1 aromatic heterocycles. The van der Waals surface area contributed by atoms with Gasteiger partial charge in [0.05, 0.1) is 31.0 Å². The Balaban J connectivity index is 2.17. The number of rotatable bonds is 6. The summed E-state index contributed by atoms with van der Waals surface area (Å²) in [7, 11) is 3.22. The Bertz CT molecular complexity index is 969. The normalized spacial score (nSPS) is 11.9. The van der Waals surface area contributed by atoms with E-state index in [4.69, 9.17) is 14.5 Å². The summed E-state index contributed by atoms with van der Waals surface area (Å²) in [6, 6.07) is 15.1. The van der Waals surface area contributed by atoms with Gasteiger partial charge in [-0.25, -0.2) is 4.98 Å². The summed E-state index contributed by atoms with van der Waals surface area (Å²) >= 11 is 0. The maximum atomic E-state index is 12.9. The second-order valence-corrected chi connectivity index (χ2v) is 6.42. The number of carbonyl (C=O) groups excluding carboxylic acids is 1. The molecule has 0 fully saturated rings. The third-order valence-electron chi connectivity index (χ3n) is 4.64. The second-order valence-electron chi connectivity index (χ2n) is 6.42. The van der Waals surface area contributed by atoms with Gasteiger partial charge in [-0.3, -0.25) is 4.79 Å². The average molecular weight is 364 g/mol. The van der Waals surface area contributed by atoms with E-state index in [2.05, 4.69) is 5.32 Å². The number of benzene rings is 2. The minimum absolute atomic E-state index is 0.100. The van der Waals surface area contributed by atoms with Crippen LogP contribution in [0.5, 0.6) is 11.5 Å². The third kappa shape index (κ3) is 3.87. The van der Waals surface area contributed by atoms with E-state index in [1.54, 1.807) is 14.2 Å². The molecule has 1 heterocycles. The SMILES string of the molecule is CCC(C)NC(=O)c1cc(-c2ccc(OC)cc2OC)nc2ccccc12. The monoisotopic (exact) mass is 364 g/mol. The number of pyridine rings is 1. The minimum atomic E-state index is -0.100. The molecule has 0 saturated carbocycles. The molecule has 1 N–H and O–H groups in total. The van der Waals surface area contributed by atoms with Gasteiger partial charge in [-0.05, 0) is 37.6 Å². The fourth-order valence-corrected chi connectivity index (χ4v) is 2.91. The highest BCUT2D eigenvalue weighted by Gasteiger charge is 2.17. The van der Waals surface area contributed by atoms with E-state index < -0.39 is 0 Å². The second kappa shape index (κ2) is 8.08. The number of hydrogen-bond donors (Lipinski definition) is 1. The summed E-state index contributed by atoms with van der Waals surface area (Å²) in [5.74, 6) is 1.24. The smallest absolute Gasteiger partial charge is 0.252 e. The summed E-state index contributed by atoms with van der Waals surface area (Å²) in [5, 5.41) is 3.87. The highest BCUT2D eigenvalue weighted by molar-refractivity contribution is 6.07. The first-order chi connectivity index (χ1) is 13.1. The number of carbonyl (C=O) groups is 1. The van der Waals surface area contributed by atoms with E-state index >= 15 is 0 Å². The summed E-state index contributed by atoms with van der Waals surface area (Å²) < 4.78 is 10.8. The molecule has 1 amide bonds. The lowest BCUT2D eigenvalue weighted by molar-refractivity contribution is 0.0941. The summed E-state index contributed by atoms with van der Waals surface area (Å²) in [5.41, 5.74) is 2.86. The number of hydrogen-bond acceptors (Lipinski definition) is 4. The number of methoxy groups -OCH3 is 2. The maximum Gasteiger partial charge on any atom is 0.252 e. The molecule has 1 unspecified atom stereocenters. The van der Waals surface area contributed by atoms with Crippen molar-refractivity contribution in [3.63, 3.8) is 0 Å². The van der Waals surface area contributed by atoms with E-state index in [0.29, 0.717) is 22.8 Å². The van der Waals surface area contributed by atoms with Crippen molar-refractivity contribution in [2.75, 3.05) is 14.2 Å². The molecule has 1 atom stereocenters. The zero-order valence-electron chi connectivity index (χ0n) is 16.1. The minimum Gasteiger partial charge on any atom is -0.497 e. The zero-order chi connectivity index (χ0) is 19.4. The van der Waals surface area contributed by atoms with Crippen LogP contribution in [0, 0.1) is 0 Å². The van der Waals surface area contributed by atoms with Gasteiger partial charge in [0.2, 0.25) is 0 Å². The number of amides is 1. The molecule has 0 aliphatic heterocycles. The van der Waals surface area contributed by atoms with Gasteiger partial charge in [0, 0.05) is 23.1 Å². The van der Waals surface area contributed by atoms with Crippen molar-refractivity contribution in [1.29, 1.82) is 0 Å². The quantitative estimate of drug-likeness (QED) is 0.702. The van der Waals surface area contributed by atoms with Crippen LogP contribution < -0.4 is 14.8 Å². The lowest BCUT2D eigenvalue weighted by atomic mass is 10.0. The molecule has 0 radical (unpaired) electrons. The van der Waals surface area contributed by atoms with Crippen LogP contribution in [0.3, 0.4) is 0 Å². The number of para-hydroxylation sites is 1. The Kier molecular flexibility index (Phi) is 5.60. The summed E-state index contributed by atoms with van der Waals surface area (Å²) in [4.78, 5) is 17.6. The molecule has 0 aliphatic carbocycles. The molecule has 0 aliphatic rings. The number of fused-ring (bicyclic) bond motifs is 1. The van der Waals surface area contributed by atoms with Crippen LogP contribution in [-0.4, -0.2) is 31.2 Å². The van der Waals surface area contributed by atoms with Crippen LogP contribution in [0.25, 0.3) is 22.2 Å². The van der Waals surface area contributed by atoms with Crippen molar-refractivity contribution >= 4 is 16.8 Å². The standard InChI is InChI=1S/C22H24N2O3/c1-5-14(2)23-22(25)18-13-20(24-19-9-7-6-8-16(18)19)17-11-10-15(26-3)12-21(17)27-4/h6-14H,5H2,1-4H3,(H,23,25). The molecule has 0 saturated heterocycles. The van der Waals surface area contributed by atoms with Crippen LogP contribution in [0.1, 0.15) is 30.6 Å². The number of nitrogens with one attached hydrogen (secondary N) is 1. The van der Waals surface area contributed by atoms with Crippen molar-refractivity contribution in [2.24, 2.45) is 0 Å². The van der Waals surface area contributed by atoms with Crippen molar-refractivity contribution in [2.45, 2.75) is 26.3 Å². The predicted molar refractivity (Wildman–Crippen MR) is 108 cm³/mol. The van der Waals surface area contributed by atoms with Crippen molar-refractivity contribution in [3.05, 3.63) is 54.1 Å². The predicted octanol–water partition coefficient (Wildman–Crippen LogP) is 4.45. The third-order valence-corrected chi connectivity index (χ3v) is 4.64. The molecule has 3 aromatic rings. The first-order valence-corrected chi connectivity index (χ1v) is 9.00. The molecule has 140 valence electrons. The van der Waals surface area contributed by atoms with Gasteiger partial charge in [0.1, 0.15) is 11.5 Å². The molecule has 3 rings (SSSR count). The molecule has 5 nitrogen and oxygen atoms in total. The number of nitrogens with zero attached hydrogens (tertiary/aromatic N) is 1. The molecule has 0 spiro atoms. The first kappa shape index (κ1) is 18.7. The average Bonchev–Trinajstić information content (AvgIpc) is 2.72. The van der Waals surface area contributed by atoms with Crippen LogP contribution in [0.4, 0.5) is 0 Å². The number of aromatic nitrogens is 1. The molecular formula is C22H24N2O3. The van der Waals surface area contributed by atoms with E-state index in [0.717, 1.165) is 22.9 Å². The van der Waals surface area contributed by atoms with Crippen LogP contribution in [0.15, 0.2) is 48.5 Å². The van der Waals surface area contributed by atoms with Gasteiger partial charge >= 0.3 is 0 Å². The van der Waals surface area contributed by atoms with Crippen molar-refractivity contribution in [1.82, 2.24) is 10.3 Å². The Hall–Kier alpha value is -3.08. The van der Waals surface area contributed by atoms with Gasteiger partial charge in [-0.1, -0.05) is 25.1 Å². The zero-order valence-corrected chi connectivity index (χ0v) is 16.1. The van der Waals surface area contributed by atoms with Crippen LogP contribution >= 0.6 is 0 Å². The van der Waals surface area contributed by atoms with Gasteiger partial charge in [0.15, 0.2) is 0 Å². The fourth-order valence-electron chi connectivity index (χ4n) is 2.91. The molecule has 27 heavy (non-hydrogen) atoms. The van der Waals surface area contributed by atoms with Gasteiger partial charge in [-0.15, -0.1) is 0 Å². The van der Waals surface area contributed by atoms with E-state index in [1.807, 2.05) is 62.4 Å². The van der Waals surface area contributed by atoms with E-state index in [-0.39, 0.29) is 11.9 Å². The molecule has 2 aromatic carbocycles. The fraction of sp³-hybridized carbons (Fsp3) is 0.273. The Morgan fingerprint density at radius 3 is 2.59 bits per heavy atom. The van der Waals surface area contributed by atoms with Crippen molar-refractivity contribution < 1.29 is 14.3 Å². The lowest BCUT2D eigenvalue weighted by Gasteiger charge is -2.15. The van der Waals surface area contributed by atoms with Gasteiger partial charge < -0.3 is 14.8 Å². The Morgan fingerprint density at radius 1 is 1.11 bits per heavy atom. The summed E-state index contributed by atoms with van der Waals surface area (Å²) in [6.45, 7) is 4.04. The van der Waals surface area contributed by atoms with Gasteiger partial charge in [0.25, 0.3) is 5.91 Å². The Morgan fingerprint density at radius 2 is 1.89 bits per heavy atom. The maximum absolute atomic E-state index is 12.9. The van der Waals surface area contributed by atoms with E-state index in [9.17, 15) is 4.79 Å². The lowest BCUT2D eigenvalue weighted by Crippen LogP contribution is -2.32. The highest BCUT2D eigenvalue weighted by atomic mass is 16.5. The van der Waals surface area contributed by atoms with Gasteiger partial charge in [-0.2, -0.15) is 0 Å². The highest BCUT2D eigenvalue weighted by Crippen LogP contribution is 2.34. The number of ether oxygens (including phenoxy) is 2. The molecule has 0 bridgehead atoms. The van der Waals surface area contributed by atoms with Crippen molar-refractivity contribution in [3.8, 4) is 22.8 Å². The van der Waals surface area contributed by atoms with Crippen LogP contribution in [0.2, 0.25) is 0 Å². The summed E-state index contributed by atoms with van der Waals surface area (Å²) in [6.07, 6.45) is 0.869. The first-order valence-electron chi connectivity index (χ1n) is 9.00. The molecular weight excluding hydrogens is 340 g/mol.